The van der Waals surface area contributed by atoms with E-state index in [4.69, 9.17) is 10.5 Å². The van der Waals surface area contributed by atoms with Crippen LogP contribution in [0, 0.1) is 0 Å². The normalized spacial score (nSPS) is 9.95. The van der Waals surface area contributed by atoms with Crippen LogP contribution in [-0.2, 0) is 4.79 Å². The smallest absolute Gasteiger partial charge is 0.257 e. The monoisotopic (exact) mass is 349 g/mol. The lowest BCUT2D eigenvalue weighted by Crippen LogP contribution is -2.20. The molecule has 3 N–H and O–H groups in total. The van der Waals surface area contributed by atoms with Crippen LogP contribution >= 0.6 is 15.9 Å². The number of halogens is 1. The molecule has 0 unspecified atom stereocenters. The van der Waals surface area contributed by atoms with E-state index in [9.17, 15) is 9.59 Å². The van der Waals surface area contributed by atoms with Gasteiger partial charge in [0.1, 0.15) is 10.4 Å². The summed E-state index contributed by atoms with van der Waals surface area (Å²) in [5.74, 6) is -0.312. The van der Waals surface area contributed by atoms with Crippen molar-refractivity contribution in [2.45, 2.75) is 0 Å². The number of carbonyl (C=O) groups is 2. The van der Waals surface area contributed by atoms with Crippen molar-refractivity contribution in [1.29, 1.82) is 0 Å². The fraction of sp³-hybridized carbons (Fsp3) is 0.0714. The van der Waals surface area contributed by atoms with Gasteiger partial charge in [0.15, 0.2) is 6.61 Å². The average molecular weight is 350 g/mol. The van der Waals surface area contributed by atoms with E-state index >= 15 is 0 Å². The summed E-state index contributed by atoms with van der Waals surface area (Å²) in [5, 5.41) is 2.73. The van der Waals surface area contributed by atoms with Gasteiger partial charge in [0.25, 0.3) is 11.8 Å². The minimum absolute atomic E-state index is 0.184. The van der Waals surface area contributed by atoms with Crippen LogP contribution in [0.2, 0.25) is 0 Å². The third-order valence-electron chi connectivity index (χ3n) is 2.48. The molecule has 0 aliphatic rings. The number of nitrogens with two attached hydrogens (primary N) is 1. The maximum absolute atomic E-state index is 12.0. The van der Waals surface area contributed by atoms with Crippen molar-refractivity contribution in [3.63, 3.8) is 0 Å². The van der Waals surface area contributed by atoms with E-state index in [1.54, 1.807) is 36.4 Å². The van der Waals surface area contributed by atoms with Crippen molar-refractivity contribution in [1.82, 2.24) is 4.98 Å². The molecule has 0 spiro atoms. The maximum atomic E-state index is 12.0. The van der Waals surface area contributed by atoms with E-state index in [1.165, 1.54) is 6.20 Å². The summed E-state index contributed by atoms with van der Waals surface area (Å²) < 4.78 is 5.78. The lowest BCUT2D eigenvalue weighted by Gasteiger charge is -2.07. The first-order valence-electron chi connectivity index (χ1n) is 5.98. The van der Waals surface area contributed by atoms with Crippen molar-refractivity contribution in [2.75, 3.05) is 11.9 Å². The number of anilines is 1. The van der Waals surface area contributed by atoms with Gasteiger partial charge < -0.3 is 15.8 Å². The van der Waals surface area contributed by atoms with E-state index < -0.39 is 5.91 Å². The Morgan fingerprint density at radius 3 is 2.48 bits per heavy atom. The maximum Gasteiger partial charge on any atom is 0.257 e. The quantitative estimate of drug-likeness (QED) is 0.806. The molecule has 2 aromatic rings. The molecule has 7 heteroatoms. The van der Waals surface area contributed by atoms with Crippen molar-refractivity contribution >= 4 is 33.4 Å². The van der Waals surface area contributed by atoms with Crippen LogP contribution in [0.15, 0.2) is 47.2 Å². The summed E-state index contributed by atoms with van der Waals surface area (Å²) in [6.45, 7) is -0.184. The van der Waals surface area contributed by atoms with Gasteiger partial charge >= 0.3 is 0 Å². The number of primary amides is 1. The Labute approximate surface area is 129 Å². The third-order valence-corrected chi connectivity index (χ3v) is 2.95. The van der Waals surface area contributed by atoms with Gasteiger partial charge in [-0.25, -0.2) is 4.98 Å². The summed E-state index contributed by atoms with van der Waals surface area (Å²) in [7, 11) is 0. The molecule has 0 bridgehead atoms. The Bertz CT molecular complexity index is 642. The van der Waals surface area contributed by atoms with Gasteiger partial charge in [-0.3, -0.25) is 9.59 Å². The number of nitrogens with zero attached hydrogens (tertiary/aromatic N) is 1. The largest absolute Gasteiger partial charge is 0.484 e. The Kier molecular flexibility index (Phi) is 4.89. The highest BCUT2D eigenvalue weighted by Crippen LogP contribution is 2.16. The fourth-order valence-corrected chi connectivity index (χ4v) is 1.74. The number of aromatic nitrogens is 1. The van der Waals surface area contributed by atoms with Crippen molar-refractivity contribution in [2.24, 2.45) is 5.73 Å². The number of ether oxygens (including phenoxy) is 1. The highest BCUT2D eigenvalue weighted by Gasteiger charge is 2.06. The molecular formula is C14H12BrN3O3. The summed E-state index contributed by atoms with van der Waals surface area (Å²) >= 11 is 3.20. The zero-order valence-corrected chi connectivity index (χ0v) is 12.5. The summed E-state index contributed by atoms with van der Waals surface area (Å²) in [6.07, 6.45) is 1.48. The van der Waals surface area contributed by atoms with Gasteiger partial charge in [0.2, 0.25) is 0 Å². The van der Waals surface area contributed by atoms with Crippen LogP contribution in [0.4, 0.5) is 5.69 Å². The van der Waals surface area contributed by atoms with Gasteiger partial charge in [0, 0.05) is 11.9 Å². The molecule has 108 valence electrons. The lowest BCUT2D eigenvalue weighted by molar-refractivity contribution is -0.119. The Morgan fingerprint density at radius 1 is 1.19 bits per heavy atom. The average Bonchev–Trinajstić information content (AvgIpc) is 2.47. The number of hydrogen-bond donors (Lipinski definition) is 2. The number of carbonyl (C=O) groups excluding carboxylic acids is 2. The van der Waals surface area contributed by atoms with Crippen LogP contribution in [0.25, 0.3) is 0 Å². The van der Waals surface area contributed by atoms with Crippen LogP contribution in [-0.4, -0.2) is 23.4 Å². The first-order valence-corrected chi connectivity index (χ1v) is 6.78. The minimum Gasteiger partial charge on any atom is -0.484 e. The molecule has 0 atom stereocenters. The van der Waals surface area contributed by atoms with Gasteiger partial charge in [-0.15, -0.1) is 0 Å². The molecule has 1 heterocycles. The van der Waals surface area contributed by atoms with E-state index in [0.717, 1.165) is 0 Å². The molecule has 0 aliphatic carbocycles. The highest BCUT2D eigenvalue weighted by atomic mass is 79.9. The number of hydrogen-bond acceptors (Lipinski definition) is 4. The fourth-order valence-electron chi connectivity index (χ4n) is 1.50. The van der Waals surface area contributed by atoms with Crippen LogP contribution < -0.4 is 15.8 Å². The SMILES string of the molecule is NC(=O)COc1ccc(NC(=O)c2ccc(Br)nc2)cc1. The van der Waals surface area contributed by atoms with Crippen molar-refractivity contribution in [3.8, 4) is 5.75 Å². The molecule has 0 saturated carbocycles. The highest BCUT2D eigenvalue weighted by molar-refractivity contribution is 9.10. The third kappa shape index (κ3) is 4.57. The van der Waals surface area contributed by atoms with Gasteiger partial charge in [-0.2, -0.15) is 0 Å². The van der Waals surface area contributed by atoms with E-state index in [1.807, 2.05) is 0 Å². The summed E-state index contributed by atoms with van der Waals surface area (Å²) in [4.78, 5) is 26.6. The molecule has 0 fully saturated rings. The first kappa shape index (κ1) is 15.0. The molecule has 0 radical (unpaired) electrons. The van der Waals surface area contributed by atoms with Gasteiger partial charge in [-0.1, -0.05) is 0 Å². The van der Waals surface area contributed by atoms with Crippen LogP contribution in [0.1, 0.15) is 10.4 Å². The standard InChI is InChI=1S/C14H12BrN3O3/c15-12-6-1-9(7-17-12)14(20)18-10-2-4-11(5-3-10)21-8-13(16)19/h1-7H,8H2,(H2,16,19)(H,18,20). The minimum atomic E-state index is -0.546. The van der Waals surface area contributed by atoms with Crippen LogP contribution in [0.3, 0.4) is 0 Å². The first-order chi connectivity index (χ1) is 10.0. The van der Waals surface area contributed by atoms with E-state index in [2.05, 4.69) is 26.2 Å². The molecule has 0 saturated heterocycles. The van der Waals surface area contributed by atoms with Crippen molar-refractivity contribution in [3.05, 3.63) is 52.8 Å². The van der Waals surface area contributed by atoms with Crippen LogP contribution in [0.5, 0.6) is 5.75 Å². The Hall–Kier alpha value is -2.41. The number of benzene rings is 1. The molecule has 1 aromatic heterocycles. The Balaban J connectivity index is 1.98. The molecular weight excluding hydrogens is 338 g/mol. The predicted octanol–water partition coefficient (Wildman–Crippen LogP) is 1.96. The number of nitrogens with one attached hydrogen (secondary N) is 1. The number of amides is 2. The zero-order chi connectivity index (χ0) is 15.2. The molecule has 1 aromatic carbocycles. The predicted molar refractivity (Wildman–Crippen MR) is 81.0 cm³/mol. The molecule has 0 aliphatic heterocycles. The zero-order valence-electron chi connectivity index (χ0n) is 10.9. The molecule has 21 heavy (non-hydrogen) atoms. The van der Waals surface area contributed by atoms with Gasteiger partial charge in [0.05, 0.1) is 5.56 Å². The molecule has 6 nitrogen and oxygen atoms in total. The lowest BCUT2D eigenvalue weighted by atomic mass is 10.2. The molecule has 2 amide bonds. The topological polar surface area (TPSA) is 94.3 Å². The van der Waals surface area contributed by atoms with Crippen molar-refractivity contribution < 1.29 is 14.3 Å². The van der Waals surface area contributed by atoms with E-state index in [-0.39, 0.29) is 12.5 Å². The second-order valence-corrected chi connectivity index (χ2v) is 4.92. The second kappa shape index (κ2) is 6.85. The number of rotatable bonds is 5. The van der Waals surface area contributed by atoms with Gasteiger partial charge in [-0.05, 0) is 52.3 Å². The molecule has 2 rings (SSSR count). The Morgan fingerprint density at radius 2 is 1.90 bits per heavy atom. The summed E-state index contributed by atoms with van der Waals surface area (Å²) in [5.41, 5.74) is 6.04. The number of pyridine rings is 1. The second-order valence-electron chi connectivity index (χ2n) is 4.10. The van der Waals surface area contributed by atoms with E-state index in [0.29, 0.717) is 21.6 Å². The summed E-state index contributed by atoms with van der Waals surface area (Å²) in [6, 6.07) is 9.96.